The number of furan rings is 2. The standard InChI is InChI=1S/C68H36N6O2/c69-37-39-35-59(73-53-25-13-9-21-49(53)63-57(73)33-29-45-43-27-31-55-61(65(43)75-67(45)63)47-19-7-11-23-51(47)71(55)41-15-3-1-4-16-41)60(36-40(39)38-70)74-54-26-14-10-22-50(54)64-58(74)34-30-46-44-28-32-56-62(66(44)76-68(46)64)48-20-8-12-24-52(48)72(56)42-17-5-2-6-18-42/h1-36H. The third kappa shape index (κ3) is 5.18. The number of para-hydroxylation sites is 6. The molecule has 6 aromatic heterocycles. The van der Waals surface area contributed by atoms with Gasteiger partial charge in [0.05, 0.1) is 88.2 Å². The molecule has 0 aliphatic rings. The molecule has 11 aromatic carbocycles. The van der Waals surface area contributed by atoms with E-state index in [0.29, 0.717) is 0 Å². The summed E-state index contributed by atoms with van der Waals surface area (Å²) >= 11 is 0. The van der Waals surface area contributed by atoms with Gasteiger partial charge in [-0.3, -0.25) is 0 Å². The zero-order chi connectivity index (χ0) is 49.9. The minimum Gasteiger partial charge on any atom is -0.455 e. The third-order valence-corrected chi connectivity index (χ3v) is 16.0. The normalized spacial score (nSPS) is 12.2. The Hall–Kier alpha value is -10.8. The smallest absolute Gasteiger partial charge is 0.145 e. The fourth-order valence-electron chi connectivity index (χ4n) is 12.9. The Kier molecular flexibility index (Phi) is 7.99. The Balaban J connectivity index is 0.953. The summed E-state index contributed by atoms with van der Waals surface area (Å²) in [6.45, 7) is 0. The molecule has 0 N–H and O–H groups in total. The lowest BCUT2D eigenvalue weighted by atomic mass is 10.0. The van der Waals surface area contributed by atoms with Crippen LogP contribution in [0.5, 0.6) is 0 Å². The zero-order valence-corrected chi connectivity index (χ0v) is 40.3. The van der Waals surface area contributed by atoms with Gasteiger partial charge in [0.15, 0.2) is 0 Å². The van der Waals surface area contributed by atoms with Crippen molar-refractivity contribution in [2.75, 3.05) is 0 Å². The van der Waals surface area contributed by atoms with E-state index in [4.69, 9.17) is 8.83 Å². The second-order valence-corrected chi connectivity index (χ2v) is 19.7. The molecule has 0 bridgehead atoms. The average molecular weight is 969 g/mol. The van der Waals surface area contributed by atoms with E-state index in [1.54, 1.807) is 0 Å². The van der Waals surface area contributed by atoms with Crippen LogP contribution in [-0.2, 0) is 0 Å². The number of hydrogen-bond donors (Lipinski definition) is 0. The van der Waals surface area contributed by atoms with Crippen LogP contribution in [0.4, 0.5) is 0 Å². The summed E-state index contributed by atoms with van der Waals surface area (Å²) in [7, 11) is 0. The highest BCUT2D eigenvalue weighted by Crippen LogP contribution is 2.48. The average Bonchev–Trinajstić information content (AvgIpc) is 4.48. The van der Waals surface area contributed by atoms with Gasteiger partial charge in [-0.2, -0.15) is 10.5 Å². The minimum atomic E-state index is 0.285. The second kappa shape index (κ2) is 14.9. The van der Waals surface area contributed by atoms with E-state index in [0.717, 1.165) is 154 Å². The van der Waals surface area contributed by atoms with E-state index < -0.39 is 0 Å². The van der Waals surface area contributed by atoms with Crippen LogP contribution in [0.3, 0.4) is 0 Å². The molecule has 8 heteroatoms. The van der Waals surface area contributed by atoms with E-state index in [1.165, 1.54) is 0 Å². The summed E-state index contributed by atoms with van der Waals surface area (Å²) in [5.41, 5.74) is 15.5. The van der Waals surface area contributed by atoms with Gasteiger partial charge in [0.1, 0.15) is 34.5 Å². The minimum absolute atomic E-state index is 0.285. The van der Waals surface area contributed by atoms with Crippen LogP contribution in [0.15, 0.2) is 227 Å². The van der Waals surface area contributed by atoms with E-state index >= 15 is 0 Å². The fraction of sp³-hybridized carbons (Fsp3) is 0. The summed E-state index contributed by atoms with van der Waals surface area (Å²) in [6.07, 6.45) is 0. The molecule has 0 saturated carbocycles. The molecule has 6 heterocycles. The predicted molar refractivity (Wildman–Crippen MR) is 308 cm³/mol. The van der Waals surface area contributed by atoms with Crippen molar-refractivity contribution in [3.8, 4) is 34.9 Å². The fourth-order valence-corrected chi connectivity index (χ4v) is 12.9. The molecule has 17 rings (SSSR count). The number of nitrogens with zero attached hydrogens (tertiary/aromatic N) is 6. The van der Waals surface area contributed by atoms with Crippen molar-refractivity contribution < 1.29 is 8.83 Å². The van der Waals surface area contributed by atoms with Crippen LogP contribution in [0.2, 0.25) is 0 Å². The van der Waals surface area contributed by atoms with Crippen LogP contribution >= 0.6 is 0 Å². The lowest BCUT2D eigenvalue weighted by Gasteiger charge is -2.18. The molecule has 0 radical (unpaired) electrons. The van der Waals surface area contributed by atoms with Crippen molar-refractivity contribution in [2.45, 2.75) is 0 Å². The van der Waals surface area contributed by atoms with Crippen LogP contribution in [0.25, 0.3) is 154 Å². The summed E-state index contributed by atoms with van der Waals surface area (Å²) in [5, 5.41) is 33.9. The Bertz CT molecular complexity index is 5150. The van der Waals surface area contributed by atoms with Crippen molar-refractivity contribution in [3.63, 3.8) is 0 Å². The van der Waals surface area contributed by atoms with E-state index in [-0.39, 0.29) is 11.1 Å². The van der Waals surface area contributed by atoms with Crippen molar-refractivity contribution >= 4 is 131 Å². The maximum atomic E-state index is 10.8. The lowest BCUT2D eigenvalue weighted by Crippen LogP contribution is -2.05. The summed E-state index contributed by atoms with van der Waals surface area (Å²) in [6, 6.07) is 80.9. The SMILES string of the molecule is N#Cc1cc(-n2c3ccccc3c3c4oc5c(ccc6c5c5ccccc5n6-c5ccccc5)c4ccc32)c(-n2c3ccccc3c3c4oc5c(ccc6c5c5ccccc5n6-c5ccccc5)c4ccc32)cc1C#N. The molecule has 0 fully saturated rings. The summed E-state index contributed by atoms with van der Waals surface area (Å²) in [5.74, 6) is 0. The highest BCUT2D eigenvalue weighted by molar-refractivity contribution is 6.31. The first-order chi connectivity index (χ1) is 37.7. The van der Waals surface area contributed by atoms with Gasteiger partial charge >= 0.3 is 0 Å². The maximum Gasteiger partial charge on any atom is 0.145 e. The van der Waals surface area contributed by atoms with Crippen LogP contribution in [-0.4, -0.2) is 18.3 Å². The van der Waals surface area contributed by atoms with Crippen LogP contribution < -0.4 is 0 Å². The van der Waals surface area contributed by atoms with Gasteiger partial charge in [-0.1, -0.05) is 109 Å². The predicted octanol–water partition coefficient (Wildman–Crippen LogP) is 17.6. The first-order valence-electron chi connectivity index (χ1n) is 25.4. The molecule has 0 atom stereocenters. The summed E-state index contributed by atoms with van der Waals surface area (Å²) in [4.78, 5) is 0. The molecule has 0 aliphatic heterocycles. The Labute approximate surface area is 431 Å². The molecule has 0 saturated heterocycles. The first-order valence-corrected chi connectivity index (χ1v) is 25.4. The van der Waals surface area contributed by atoms with Gasteiger partial charge in [-0.05, 0) is 109 Å². The van der Waals surface area contributed by atoms with Crippen molar-refractivity contribution in [3.05, 3.63) is 230 Å². The van der Waals surface area contributed by atoms with Crippen LogP contribution in [0, 0.1) is 22.7 Å². The van der Waals surface area contributed by atoms with Crippen molar-refractivity contribution in [2.24, 2.45) is 0 Å². The largest absolute Gasteiger partial charge is 0.455 e. The monoisotopic (exact) mass is 968 g/mol. The van der Waals surface area contributed by atoms with E-state index in [9.17, 15) is 10.5 Å². The highest BCUT2D eigenvalue weighted by atomic mass is 16.3. The second-order valence-electron chi connectivity index (χ2n) is 19.7. The van der Waals surface area contributed by atoms with Gasteiger partial charge in [0, 0.05) is 54.5 Å². The Morgan fingerprint density at radius 1 is 0.263 bits per heavy atom. The molecule has 17 aromatic rings. The van der Waals surface area contributed by atoms with Crippen LogP contribution in [0.1, 0.15) is 11.1 Å². The third-order valence-electron chi connectivity index (χ3n) is 16.0. The van der Waals surface area contributed by atoms with E-state index in [1.807, 2.05) is 24.3 Å². The molecular formula is C68H36N6O2. The molecule has 0 amide bonds. The molecule has 76 heavy (non-hydrogen) atoms. The number of fused-ring (bicyclic) bond motifs is 22. The Morgan fingerprint density at radius 2 is 0.539 bits per heavy atom. The molecule has 0 unspecified atom stereocenters. The number of nitriles is 2. The van der Waals surface area contributed by atoms with Gasteiger partial charge in [0.25, 0.3) is 0 Å². The van der Waals surface area contributed by atoms with Gasteiger partial charge in [-0.15, -0.1) is 0 Å². The van der Waals surface area contributed by atoms with Crippen molar-refractivity contribution in [1.82, 2.24) is 18.3 Å². The zero-order valence-electron chi connectivity index (χ0n) is 40.3. The number of rotatable bonds is 4. The Morgan fingerprint density at radius 3 is 0.855 bits per heavy atom. The quantitative estimate of drug-likeness (QED) is 0.176. The summed E-state index contributed by atoms with van der Waals surface area (Å²) < 4.78 is 23.7. The first kappa shape index (κ1) is 40.8. The lowest BCUT2D eigenvalue weighted by molar-refractivity contribution is 0.676. The van der Waals surface area contributed by atoms with E-state index in [2.05, 4.69) is 225 Å². The van der Waals surface area contributed by atoms with Gasteiger partial charge < -0.3 is 27.1 Å². The highest BCUT2D eigenvalue weighted by Gasteiger charge is 2.27. The molecule has 0 aliphatic carbocycles. The molecule has 0 spiro atoms. The number of benzene rings is 11. The van der Waals surface area contributed by atoms with Gasteiger partial charge in [-0.25, -0.2) is 0 Å². The maximum absolute atomic E-state index is 10.8. The number of aromatic nitrogens is 4. The topological polar surface area (TPSA) is 93.6 Å². The molecule has 350 valence electrons. The van der Waals surface area contributed by atoms with Gasteiger partial charge in [0.2, 0.25) is 0 Å². The molecule has 8 nitrogen and oxygen atoms in total. The molecular weight excluding hydrogens is 933 g/mol. The van der Waals surface area contributed by atoms with Crippen molar-refractivity contribution in [1.29, 1.82) is 10.5 Å². The number of hydrogen-bond acceptors (Lipinski definition) is 4.